The average molecular weight is 576 g/mol. The number of alkyl halides is 3. The van der Waals surface area contributed by atoms with Gasteiger partial charge in [-0.05, 0) is 70.0 Å². The topological polar surface area (TPSA) is 86.8 Å². The zero-order valence-electron chi connectivity index (χ0n) is 22.0. The maximum Gasteiger partial charge on any atom is 0.416 e. The van der Waals surface area contributed by atoms with E-state index in [1.54, 1.807) is 31.2 Å². The smallest absolute Gasteiger partial charge is 0.350 e. The lowest BCUT2D eigenvalue weighted by molar-refractivity contribution is -0.141. The van der Waals surface area contributed by atoms with E-state index < -0.39 is 39.3 Å². The fraction of sp³-hybridized carbons (Fsp3) is 0.462. The van der Waals surface area contributed by atoms with E-state index >= 15 is 0 Å². The van der Waals surface area contributed by atoms with Crippen molar-refractivity contribution in [2.75, 3.05) is 17.1 Å². The monoisotopic (exact) mass is 575 g/mol. The van der Waals surface area contributed by atoms with Gasteiger partial charge in [-0.25, -0.2) is 8.42 Å². The molecule has 0 aliphatic heterocycles. The normalized spacial score (nSPS) is 13.1. The molecule has 0 spiro atoms. The maximum atomic E-state index is 13.3. The molecule has 0 fully saturated rings. The Morgan fingerprint density at radius 2 is 1.68 bits per heavy atom. The second kappa shape index (κ2) is 12.4. The van der Waals surface area contributed by atoms with Crippen LogP contribution in [-0.4, -0.2) is 49.5 Å². The molecular weight excluding hydrogens is 543 g/mol. The Hall–Kier alpha value is -2.79. The molecule has 0 saturated carbocycles. The van der Waals surface area contributed by atoms with Crippen molar-refractivity contribution < 1.29 is 31.2 Å². The van der Waals surface area contributed by atoms with Gasteiger partial charge < -0.3 is 10.2 Å². The van der Waals surface area contributed by atoms with Gasteiger partial charge in [0.25, 0.3) is 0 Å². The second-order valence-corrected chi connectivity index (χ2v) is 12.4. The summed E-state index contributed by atoms with van der Waals surface area (Å²) in [6.45, 7) is 6.90. The number of hydrogen-bond donors (Lipinski definition) is 1. The zero-order chi connectivity index (χ0) is 28.9. The molecule has 0 aliphatic carbocycles. The highest BCUT2D eigenvalue weighted by molar-refractivity contribution is 7.92. The Labute approximate surface area is 227 Å². The van der Waals surface area contributed by atoms with E-state index in [2.05, 4.69) is 5.32 Å². The third-order valence-corrected chi connectivity index (χ3v) is 6.95. The van der Waals surface area contributed by atoms with Gasteiger partial charge in [-0.3, -0.25) is 13.9 Å². The number of hydrogen-bond acceptors (Lipinski definition) is 4. The van der Waals surface area contributed by atoms with E-state index in [1.165, 1.54) is 11.0 Å². The predicted octanol–water partition coefficient (Wildman–Crippen LogP) is 5.24. The van der Waals surface area contributed by atoms with Gasteiger partial charge >= 0.3 is 6.18 Å². The molecule has 38 heavy (non-hydrogen) atoms. The number of amides is 2. The number of carbonyl (C=O) groups is 2. The molecule has 0 aliphatic rings. The van der Waals surface area contributed by atoms with E-state index in [9.17, 15) is 31.2 Å². The van der Waals surface area contributed by atoms with Gasteiger partial charge in [0.2, 0.25) is 21.8 Å². The number of carbonyl (C=O) groups excluding carboxylic acids is 2. The fourth-order valence-electron chi connectivity index (χ4n) is 3.73. The van der Waals surface area contributed by atoms with Crippen LogP contribution in [0.15, 0.2) is 48.5 Å². The number of anilines is 1. The summed E-state index contributed by atoms with van der Waals surface area (Å²) in [5.41, 5.74) is -0.963. The molecule has 0 aromatic heterocycles. The number of nitrogens with zero attached hydrogens (tertiary/aromatic N) is 2. The van der Waals surface area contributed by atoms with Crippen molar-refractivity contribution in [1.82, 2.24) is 10.2 Å². The molecule has 0 bridgehead atoms. The van der Waals surface area contributed by atoms with Gasteiger partial charge in [-0.15, -0.1) is 0 Å². The minimum atomic E-state index is -4.64. The Kier molecular flexibility index (Phi) is 10.2. The van der Waals surface area contributed by atoms with Crippen LogP contribution in [0.25, 0.3) is 0 Å². The number of rotatable bonds is 10. The number of sulfonamides is 1. The molecule has 1 atom stereocenters. The standard InChI is InChI=1S/C26H33ClF3N3O4S/c1-18(24(35)31-25(2,3)4)32(17-19-9-6-11-21(27)15-19)23(34)13-8-14-33(38(5,36)37)22-12-7-10-20(16-22)26(28,29)30/h6-7,9-12,15-16,18H,8,13-14,17H2,1-5H3,(H,31,35)/t18-/m1/s1. The largest absolute Gasteiger partial charge is 0.416 e. The summed E-state index contributed by atoms with van der Waals surface area (Å²) in [7, 11) is -3.94. The second-order valence-electron chi connectivity index (χ2n) is 10.1. The van der Waals surface area contributed by atoms with Gasteiger partial charge in [0.15, 0.2) is 0 Å². The first-order chi connectivity index (χ1) is 17.4. The van der Waals surface area contributed by atoms with E-state index in [0.717, 1.165) is 28.8 Å². The fourth-order valence-corrected chi connectivity index (χ4v) is 4.90. The third-order valence-electron chi connectivity index (χ3n) is 5.52. The highest BCUT2D eigenvalue weighted by atomic mass is 35.5. The van der Waals surface area contributed by atoms with Crippen molar-refractivity contribution in [3.05, 3.63) is 64.7 Å². The van der Waals surface area contributed by atoms with Crippen LogP contribution in [0.5, 0.6) is 0 Å². The molecule has 2 aromatic rings. The molecule has 2 rings (SSSR count). The van der Waals surface area contributed by atoms with Crippen LogP contribution in [0.3, 0.4) is 0 Å². The maximum absolute atomic E-state index is 13.3. The first-order valence-electron chi connectivity index (χ1n) is 11.9. The molecule has 0 radical (unpaired) electrons. The van der Waals surface area contributed by atoms with Crippen molar-refractivity contribution in [1.29, 1.82) is 0 Å². The Morgan fingerprint density at radius 1 is 1.05 bits per heavy atom. The van der Waals surface area contributed by atoms with Gasteiger partial charge in [0.1, 0.15) is 6.04 Å². The minimum absolute atomic E-state index is 0.0157. The summed E-state index contributed by atoms with van der Waals surface area (Å²) in [5, 5.41) is 3.31. The molecule has 2 aromatic carbocycles. The number of halogens is 4. The molecule has 0 saturated heterocycles. The van der Waals surface area contributed by atoms with Crippen molar-refractivity contribution in [2.45, 2.75) is 64.8 Å². The van der Waals surface area contributed by atoms with E-state index in [1.807, 2.05) is 20.8 Å². The van der Waals surface area contributed by atoms with Gasteiger partial charge in [0, 0.05) is 30.1 Å². The molecule has 7 nitrogen and oxygen atoms in total. The number of nitrogens with one attached hydrogen (secondary N) is 1. The summed E-state index contributed by atoms with van der Waals surface area (Å²) in [6, 6.07) is 9.99. The lowest BCUT2D eigenvalue weighted by atomic mass is 10.1. The SMILES string of the molecule is C[C@H](C(=O)NC(C)(C)C)N(Cc1cccc(Cl)c1)C(=O)CCCN(c1cccc(C(F)(F)F)c1)S(C)(=O)=O. The highest BCUT2D eigenvalue weighted by Gasteiger charge is 2.32. The molecule has 12 heteroatoms. The molecule has 0 heterocycles. The van der Waals surface area contributed by atoms with Crippen LogP contribution in [0.2, 0.25) is 5.02 Å². The van der Waals surface area contributed by atoms with Crippen molar-refractivity contribution in [3.63, 3.8) is 0 Å². The first-order valence-corrected chi connectivity index (χ1v) is 14.1. The van der Waals surface area contributed by atoms with Crippen LogP contribution in [0.1, 0.15) is 51.7 Å². The number of benzene rings is 2. The quantitative estimate of drug-likeness (QED) is 0.420. The average Bonchev–Trinajstić information content (AvgIpc) is 2.77. The summed E-state index contributed by atoms with van der Waals surface area (Å²) >= 11 is 6.08. The molecule has 2 amide bonds. The summed E-state index contributed by atoms with van der Waals surface area (Å²) in [5.74, 6) is -0.784. The zero-order valence-corrected chi connectivity index (χ0v) is 23.5. The lowest BCUT2D eigenvalue weighted by Gasteiger charge is -2.32. The summed E-state index contributed by atoms with van der Waals surface area (Å²) < 4.78 is 65.1. The molecule has 0 unspecified atom stereocenters. The molecule has 1 N–H and O–H groups in total. The van der Waals surface area contributed by atoms with Gasteiger partial charge in [0.05, 0.1) is 17.5 Å². The van der Waals surface area contributed by atoms with Crippen LogP contribution in [0, 0.1) is 0 Å². The van der Waals surface area contributed by atoms with E-state index in [0.29, 0.717) is 10.6 Å². The van der Waals surface area contributed by atoms with Crippen LogP contribution >= 0.6 is 11.6 Å². The van der Waals surface area contributed by atoms with Crippen LogP contribution in [0.4, 0.5) is 18.9 Å². The van der Waals surface area contributed by atoms with Crippen LogP contribution < -0.4 is 9.62 Å². The predicted molar refractivity (Wildman–Crippen MR) is 142 cm³/mol. The third kappa shape index (κ3) is 9.50. The lowest BCUT2D eigenvalue weighted by Crippen LogP contribution is -2.52. The minimum Gasteiger partial charge on any atom is -0.350 e. The van der Waals surface area contributed by atoms with Gasteiger partial charge in [-0.2, -0.15) is 13.2 Å². The molecular formula is C26H33ClF3N3O4S. The Balaban J connectivity index is 2.24. The van der Waals surface area contributed by atoms with E-state index in [-0.39, 0.29) is 37.5 Å². The van der Waals surface area contributed by atoms with E-state index in [4.69, 9.17) is 11.6 Å². The van der Waals surface area contributed by atoms with Crippen molar-refractivity contribution in [2.24, 2.45) is 0 Å². The Morgan fingerprint density at radius 3 is 2.24 bits per heavy atom. The van der Waals surface area contributed by atoms with Gasteiger partial charge in [-0.1, -0.05) is 29.8 Å². The van der Waals surface area contributed by atoms with Crippen LogP contribution in [-0.2, 0) is 32.3 Å². The van der Waals surface area contributed by atoms with Crippen molar-refractivity contribution in [3.8, 4) is 0 Å². The van der Waals surface area contributed by atoms with Crippen molar-refractivity contribution >= 4 is 39.1 Å². The molecule has 210 valence electrons. The highest BCUT2D eigenvalue weighted by Crippen LogP contribution is 2.32. The first kappa shape index (κ1) is 31.4. The Bertz CT molecular complexity index is 1250. The summed E-state index contributed by atoms with van der Waals surface area (Å²) in [4.78, 5) is 27.5. The summed E-state index contributed by atoms with van der Waals surface area (Å²) in [6.07, 6.45) is -3.88.